The number of ketones is 1. The van der Waals surface area contributed by atoms with Crippen LogP contribution in [0.15, 0.2) is 9.59 Å². The number of nitrogens with two attached hydrogens (primary N) is 1. The summed E-state index contributed by atoms with van der Waals surface area (Å²) in [6.45, 7) is -0.123. The largest absolute Gasteiger partial charge is 0.384 e. The Morgan fingerprint density at radius 1 is 1.05 bits per heavy atom. The zero-order valence-corrected chi connectivity index (χ0v) is 13.4. The molecule has 0 atom stereocenters. The molecule has 0 saturated carbocycles. The summed E-state index contributed by atoms with van der Waals surface area (Å²) in [5.74, 6) is -0.884. The van der Waals surface area contributed by atoms with Crippen LogP contribution in [-0.4, -0.2) is 64.9 Å². The van der Waals surface area contributed by atoms with E-state index in [9.17, 15) is 19.2 Å². The fourth-order valence-corrected chi connectivity index (χ4v) is 1.87. The maximum Gasteiger partial charge on any atom is 0.332 e. The van der Waals surface area contributed by atoms with Gasteiger partial charge in [-0.15, -0.1) is 0 Å². The SMILES string of the molecule is CN(CC(=O)c1c(N)n(C)c(=O)n(C)c1=O)CC(=O)N(C)C. The van der Waals surface area contributed by atoms with E-state index >= 15 is 0 Å². The van der Waals surface area contributed by atoms with Crippen LogP contribution in [0, 0.1) is 0 Å². The Bertz CT molecular complexity index is 716. The summed E-state index contributed by atoms with van der Waals surface area (Å²) in [4.78, 5) is 50.5. The van der Waals surface area contributed by atoms with Crippen LogP contribution in [0.4, 0.5) is 5.82 Å². The highest BCUT2D eigenvalue weighted by Crippen LogP contribution is 2.04. The molecule has 9 heteroatoms. The number of nitrogen functional groups attached to an aromatic ring is 1. The predicted molar refractivity (Wildman–Crippen MR) is 81.9 cm³/mol. The van der Waals surface area contributed by atoms with Gasteiger partial charge in [-0.3, -0.25) is 28.4 Å². The van der Waals surface area contributed by atoms with E-state index in [-0.39, 0.29) is 30.4 Å². The molecule has 2 N–H and O–H groups in total. The zero-order chi connectivity index (χ0) is 17.2. The minimum Gasteiger partial charge on any atom is -0.384 e. The smallest absolute Gasteiger partial charge is 0.332 e. The quantitative estimate of drug-likeness (QED) is 0.622. The molecule has 122 valence electrons. The van der Waals surface area contributed by atoms with Crippen molar-refractivity contribution in [2.45, 2.75) is 0 Å². The van der Waals surface area contributed by atoms with E-state index in [1.165, 1.54) is 23.9 Å². The second-order valence-corrected chi connectivity index (χ2v) is 5.35. The lowest BCUT2D eigenvalue weighted by Gasteiger charge is -2.18. The zero-order valence-electron chi connectivity index (χ0n) is 13.4. The van der Waals surface area contributed by atoms with Gasteiger partial charge in [-0.1, -0.05) is 0 Å². The van der Waals surface area contributed by atoms with Gasteiger partial charge in [0.05, 0.1) is 13.1 Å². The van der Waals surface area contributed by atoms with Crippen molar-refractivity contribution in [1.29, 1.82) is 0 Å². The fraction of sp³-hybridized carbons (Fsp3) is 0.538. The van der Waals surface area contributed by atoms with Crippen LogP contribution in [0.25, 0.3) is 0 Å². The van der Waals surface area contributed by atoms with E-state index in [1.54, 1.807) is 21.1 Å². The molecule has 0 fully saturated rings. The van der Waals surface area contributed by atoms with Crippen molar-refractivity contribution in [1.82, 2.24) is 18.9 Å². The number of likely N-dealkylation sites (N-methyl/N-ethyl adjacent to an activating group) is 2. The van der Waals surface area contributed by atoms with Gasteiger partial charge in [0.2, 0.25) is 5.91 Å². The van der Waals surface area contributed by atoms with Crippen LogP contribution in [-0.2, 0) is 18.9 Å². The average molecular weight is 311 g/mol. The molecular weight excluding hydrogens is 290 g/mol. The van der Waals surface area contributed by atoms with Crippen LogP contribution >= 0.6 is 0 Å². The summed E-state index contributed by atoms with van der Waals surface area (Å²) in [6.07, 6.45) is 0. The highest BCUT2D eigenvalue weighted by Gasteiger charge is 2.22. The van der Waals surface area contributed by atoms with Crippen molar-refractivity contribution >= 4 is 17.5 Å². The highest BCUT2D eigenvalue weighted by atomic mass is 16.2. The molecule has 9 nitrogen and oxygen atoms in total. The number of nitrogens with zero attached hydrogens (tertiary/aromatic N) is 4. The van der Waals surface area contributed by atoms with Crippen molar-refractivity contribution in [3.8, 4) is 0 Å². The molecule has 0 saturated heterocycles. The lowest BCUT2D eigenvalue weighted by atomic mass is 10.2. The molecule has 1 amide bonds. The summed E-state index contributed by atoms with van der Waals surface area (Å²) >= 11 is 0. The third-order valence-electron chi connectivity index (χ3n) is 3.31. The van der Waals surface area contributed by atoms with E-state index in [2.05, 4.69) is 0 Å². The van der Waals surface area contributed by atoms with Crippen molar-refractivity contribution < 1.29 is 9.59 Å². The summed E-state index contributed by atoms with van der Waals surface area (Å²) < 4.78 is 1.87. The lowest BCUT2D eigenvalue weighted by molar-refractivity contribution is -0.129. The highest BCUT2D eigenvalue weighted by molar-refractivity contribution is 6.01. The van der Waals surface area contributed by atoms with Crippen LogP contribution in [0.3, 0.4) is 0 Å². The van der Waals surface area contributed by atoms with E-state index < -0.39 is 17.0 Å². The summed E-state index contributed by atoms with van der Waals surface area (Å²) in [7, 11) is 7.46. The summed E-state index contributed by atoms with van der Waals surface area (Å²) in [5.41, 5.74) is 4.13. The average Bonchev–Trinajstić information content (AvgIpc) is 2.42. The Kier molecular flexibility index (Phi) is 5.26. The van der Waals surface area contributed by atoms with Crippen molar-refractivity contribution in [3.63, 3.8) is 0 Å². The fourth-order valence-electron chi connectivity index (χ4n) is 1.87. The molecule has 0 aliphatic heterocycles. The second kappa shape index (κ2) is 6.56. The Balaban J connectivity index is 3.08. The molecule has 1 aromatic heterocycles. The lowest BCUT2D eigenvalue weighted by Crippen LogP contribution is -2.43. The number of amides is 1. The number of aromatic nitrogens is 2. The number of carbonyl (C=O) groups excluding carboxylic acids is 2. The van der Waals surface area contributed by atoms with Gasteiger partial charge >= 0.3 is 5.69 Å². The molecule has 0 aliphatic carbocycles. The van der Waals surface area contributed by atoms with Crippen LogP contribution in [0.2, 0.25) is 0 Å². The normalized spacial score (nSPS) is 10.8. The Morgan fingerprint density at radius 3 is 2.09 bits per heavy atom. The topological polar surface area (TPSA) is 111 Å². The first-order valence-corrected chi connectivity index (χ1v) is 6.55. The molecule has 0 unspecified atom stereocenters. The molecule has 1 rings (SSSR count). The molecular formula is C13H21N5O4. The van der Waals surface area contributed by atoms with Crippen molar-refractivity contribution in [2.75, 3.05) is 40.0 Å². The van der Waals surface area contributed by atoms with Gasteiger partial charge in [0, 0.05) is 28.2 Å². The third kappa shape index (κ3) is 3.42. The second-order valence-electron chi connectivity index (χ2n) is 5.35. The molecule has 0 bridgehead atoms. The van der Waals surface area contributed by atoms with Gasteiger partial charge < -0.3 is 10.6 Å². The maximum atomic E-state index is 12.3. The number of anilines is 1. The number of rotatable bonds is 5. The first kappa shape index (κ1) is 17.6. The Morgan fingerprint density at radius 2 is 1.59 bits per heavy atom. The third-order valence-corrected chi connectivity index (χ3v) is 3.31. The van der Waals surface area contributed by atoms with E-state index in [0.29, 0.717) is 0 Å². The molecule has 1 aromatic rings. The van der Waals surface area contributed by atoms with Gasteiger partial charge in [0.1, 0.15) is 11.4 Å². The van der Waals surface area contributed by atoms with Crippen molar-refractivity contribution in [3.05, 3.63) is 26.4 Å². The maximum absolute atomic E-state index is 12.3. The number of carbonyl (C=O) groups is 2. The van der Waals surface area contributed by atoms with Gasteiger partial charge in [-0.25, -0.2) is 4.79 Å². The van der Waals surface area contributed by atoms with Crippen LogP contribution in [0.5, 0.6) is 0 Å². The van der Waals surface area contributed by atoms with Gasteiger partial charge in [0.15, 0.2) is 5.78 Å². The number of hydrogen-bond acceptors (Lipinski definition) is 6. The van der Waals surface area contributed by atoms with Gasteiger partial charge in [0.25, 0.3) is 5.56 Å². The molecule has 0 radical (unpaired) electrons. The molecule has 1 heterocycles. The molecule has 22 heavy (non-hydrogen) atoms. The number of hydrogen-bond donors (Lipinski definition) is 1. The monoisotopic (exact) mass is 311 g/mol. The van der Waals surface area contributed by atoms with Gasteiger partial charge in [-0.2, -0.15) is 0 Å². The minimum atomic E-state index is -0.738. The first-order chi connectivity index (χ1) is 10.1. The predicted octanol–water partition coefficient (Wildman–Crippen LogP) is -2.13. The van der Waals surface area contributed by atoms with Crippen LogP contribution in [0.1, 0.15) is 10.4 Å². The first-order valence-electron chi connectivity index (χ1n) is 6.55. The molecule has 0 aromatic carbocycles. The van der Waals surface area contributed by atoms with Crippen molar-refractivity contribution in [2.24, 2.45) is 14.1 Å². The Labute approximate surface area is 127 Å². The number of Topliss-reactive ketones (excluding diaryl/α,β-unsaturated/α-hetero) is 1. The Hall–Kier alpha value is -2.42. The van der Waals surface area contributed by atoms with E-state index in [4.69, 9.17) is 5.73 Å². The van der Waals surface area contributed by atoms with E-state index in [0.717, 1.165) is 9.13 Å². The summed E-state index contributed by atoms with van der Waals surface area (Å²) in [5, 5.41) is 0. The standard InChI is InChI=1S/C13H21N5O4/c1-15(2)9(20)7-16(3)6-8(19)10-11(14)17(4)13(22)18(5)12(10)21/h6-7,14H2,1-5H3. The molecule has 0 spiro atoms. The van der Waals surface area contributed by atoms with Gasteiger partial charge in [-0.05, 0) is 7.05 Å². The van der Waals surface area contributed by atoms with Crippen LogP contribution < -0.4 is 17.0 Å². The summed E-state index contributed by atoms with van der Waals surface area (Å²) in [6, 6.07) is 0. The van der Waals surface area contributed by atoms with E-state index in [1.807, 2.05) is 0 Å². The molecule has 0 aliphatic rings. The minimum absolute atomic E-state index is 0.0325.